The zero-order valence-corrected chi connectivity index (χ0v) is 18.7. The number of hydrogen-bond acceptors (Lipinski definition) is 7. The van der Waals surface area contributed by atoms with Gasteiger partial charge in [0.15, 0.2) is 5.16 Å². The number of carbonyl (C=O) groups excluding carboxylic acids is 2. The molecule has 9 heteroatoms. The second-order valence-corrected chi connectivity index (χ2v) is 7.73. The molecule has 3 aromatic rings. The average molecular weight is 456 g/mol. The number of rotatable bonds is 10. The number of aliphatic hydroxyl groups excluding tert-OH is 1. The number of esters is 1. The van der Waals surface area contributed by atoms with Gasteiger partial charge in [0.1, 0.15) is 5.75 Å². The molecule has 0 aliphatic carbocycles. The van der Waals surface area contributed by atoms with Crippen molar-refractivity contribution >= 4 is 29.3 Å². The summed E-state index contributed by atoms with van der Waals surface area (Å²) >= 11 is 1.28. The predicted molar refractivity (Wildman–Crippen MR) is 122 cm³/mol. The molecule has 168 valence electrons. The number of ether oxygens (including phenoxy) is 2. The molecule has 1 aromatic heterocycles. The average Bonchev–Trinajstić information content (AvgIpc) is 3.20. The number of anilines is 1. The molecule has 0 radical (unpaired) electrons. The first kappa shape index (κ1) is 23.4. The molecule has 0 unspecified atom stereocenters. The fraction of sp³-hybridized carbons (Fsp3) is 0.261. The van der Waals surface area contributed by atoms with Gasteiger partial charge in [-0.25, -0.2) is 9.78 Å². The minimum Gasteiger partial charge on any atom is -0.497 e. The molecule has 3 rings (SSSR count). The van der Waals surface area contributed by atoms with Gasteiger partial charge >= 0.3 is 5.97 Å². The van der Waals surface area contributed by atoms with Gasteiger partial charge in [-0.3, -0.25) is 4.79 Å². The maximum absolute atomic E-state index is 12.4. The van der Waals surface area contributed by atoms with E-state index in [1.807, 2.05) is 28.8 Å². The number of aromatic nitrogens is 2. The maximum Gasteiger partial charge on any atom is 0.338 e. The van der Waals surface area contributed by atoms with Gasteiger partial charge in [-0.1, -0.05) is 23.9 Å². The fourth-order valence-electron chi connectivity index (χ4n) is 2.91. The zero-order chi connectivity index (χ0) is 22.9. The topological polar surface area (TPSA) is 103 Å². The first-order valence-corrected chi connectivity index (χ1v) is 11.0. The van der Waals surface area contributed by atoms with Crippen LogP contribution in [0.25, 0.3) is 0 Å². The maximum atomic E-state index is 12.4. The lowest BCUT2D eigenvalue weighted by atomic mass is 10.2. The number of imidazole rings is 1. The minimum atomic E-state index is -0.399. The number of benzene rings is 2. The molecular formula is C23H25N3O5S. The van der Waals surface area contributed by atoms with Gasteiger partial charge in [0.2, 0.25) is 5.91 Å². The van der Waals surface area contributed by atoms with Crippen molar-refractivity contribution in [1.82, 2.24) is 9.55 Å². The Bertz CT molecular complexity index is 1050. The van der Waals surface area contributed by atoms with E-state index in [2.05, 4.69) is 10.3 Å². The highest BCUT2D eigenvalue weighted by Gasteiger charge is 2.12. The quantitative estimate of drug-likeness (QED) is 0.357. The minimum absolute atomic E-state index is 0.143. The van der Waals surface area contributed by atoms with Gasteiger partial charge in [-0.2, -0.15) is 0 Å². The summed E-state index contributed by atoms with van der Waals surface area (Å²) in [4.78, 5) is 28.5. The van der Waals surface area contributed by atoms with Crippen LogP contribution >= 0.6 is 11.8 Å². The van der Waals surface area contributed by atoms with Gasteiger partial charge < -0.3 is 24.5 Å². The first-order valence-electron chi connectivity index (χ1n) is 10.0. The molecule has 0 bridgehead atoms. The van der Waals surface area contributed by atoms with Crippen LogP contribution in [0.3, 0.4) is 0 Å². The Labute approximate surface area is 190 Å². The Kier molecular flexibility index (Phi) is 8.29. The highest BCUT2D eigenvalue weighted by Crippen LogP contribution is 2.21. The van der Waals surface area contributed by atoms with Crippen LogP contribution in [0.4, 0.5) is 5.69 Å². The Morgan fingerprint density at radius 3 is 2.47 bits per heavy atom. The molecule has 0 aliphatic rings. The van der Waals surface area contributed by atoms with Crippen LogP contribution in [0.15, 0.2) is 59.9 Å². The van der Waals surface area contributed by atoms with Crippen LogP contribution in [0, 0.1) is 0 Å². The number of nitrogens with zero attached hydrogens (tertiary/aromatic N) is 2. The summed E-state index contributed by atoms with van der Waals surface area (Å²) < 4.78 is 12.0. The Balaban J connectivity index is 1.60. The predicted octanol–water partition coefficient (Wildman–Crippen LogP) is 3.34. The lowest BCUT2D eigenvalue weighted by Crippen LogP contribution is -2.15. The van der Waals surface area contributed by atoms with Crippen LogP contribution in [0.5, 0.6) is 5.75 Å². The van der Waals surface area contributed by atoms with Gasteiger partial charge in [-0.05, 0) is 48.9 Å². The fourth-order valence-corrected chi connectivity index (χ4v) is 3.71. The SMILES string of the molecule is CCOC(=O)c1ccc(NC(=O)CSc2nc(CO)cn2Cc2ccc(OC)cc2)cc1. The van der Waals surface area contributed by atoms with E-state index < -0.39 is 5.97 Å². The van der Waals surface area contributed by atoms with E-state index in [4.69, 9.17) is 9.47 Å². The number of aliphatic hydroxyl groups is 1. The normalized spacial score (nSPS) is 10.6. The third-order valence-corrected chi connectivity index (χ3v) is 5.47. The molecule has 0 fully saturated rings. The number of carbonyl (C=O) groups is 2. The van der Waals surface area contributed by atoms with Crippen molar-refractivity contribution in [3.63, 3.8) is 0 Å². The van der Waals surface area contributed by atoms with E-state index in [1.54, 1.807) is 44.5 Å². The van der Waals surface area contributed by atoms with Crippen LogP contribution < -0.4 is 10.1 Å². The Morgan fingerprint density at radius 2 is 1.84 bits per heavy atom. The van der Waals surface area contributed by atoms with Crippen LogP contribution in [-0.2, 0) is 22.7 Å². The Hall–Kier alpha value is -3.30. The zero-order valence-electron chi connectivity index (χ0n) is 17.9. The summed E-state index contributed by atoms with van der Waals surface area (Å²) in [5.41, 5.74) is 2.59. The van der Waals surface area contributed by atoms with E-state index in [0.29, 0.717) is 35.3 Å². The molecule has 2 N–H and O–H groups in total. The van der Waals surface area contributed by atoms with Crippen LogP contribution in [0.1, 0.15) is 28.5 Å². The molecular weight excluding hydrogens is 430 g/mol. The van der Waals surface area contributed by atoms with Crippen molar-refractivity contribution < 1.29 is 24.2 Å². The number of amides is 1. The molecule has 0 aliphatic heterocycles. The summed E-state index contributed by atoms with van der Waals surface area (Å²) in [5, 5.41) is 12.9. The molecule has 0 atom stereocenters. The van der Waals surface area contributed by atoms with E-state index in [-0.39, 0.29) is 18.3 Å². The summed E-state index contributed by atoms with van der Waals surface area (Å²) in [6.45, 7) is 2.43. The van der Waals surface area contributed by atoms with Gasteiger partial charge in [-0.15, -0.1) is 0 Å². The van der Waals surface area contributed by atoms with E-state index in [9.17, 15) is 14.7 Å². The van der Waals surface area contributed by atoms with Crippen LogP contribution in [0.2, 0.25) is 0 Å². The summed E-state index contributed by atoms with van der Waals surface area (Å²) in [5.74, 6) is 0.314. The summed E-state index contributed by atoms with van der Waals surface area (Å²) in [7, 11) is 1.62. The standard InChI is InChI=1S/C23H25N3O5S/c1-3-31-22(29)17-6-8-18(9-7-17)24-21(28)15-32-23-25-19(14-27)13-26(23)12-16-4-10-20(30-2)11-5-16/h4-11,13,27H,3,12,14-15H2,1-2H3,(H,24,28). The second kappa shape index (κ2) is 11.4. The van der Waals surface area contributed by atoms with Crippen molar-refractivity contribution in [2.24, 2.45) is 0 Å². The number of methoxy groups -OCH3 is 1. The van der Waals surface area contributed by atoms with Gasteiger partial charge in [0.05, 0.1) is 37.3 Å². The molecule has 0 saturated carbocycles. The molecule has 2 aromatic carbocycles. The van der Waals surface area contributed by atoms with E-state index >= 15 is 0 Å². The molecule has 1 amide bonds. The van der Waals surface area contributed by atoms with Crippen molar-refractivity contribution in [1.29, 1.82) is 0 Å². The number of nitrogens with one attached hydrogen (secondary N) is 1. The number of hydrogen-bond donors (Lipinski definition) is 2. The number of thioether (sulfide) groups is 1. The van der Waals surface area contributed by atoms with Gasteiger partial charge in [0.25, 0.3) is 0 Å². The molecule has 1 heterocycles. The molecule has 0 saturated heterocycles. The van der Waals surface area contributed by atoms with E-state index in [0.717, 1.165) is 11.3 Å². The summed E-state index contributed by atoms with van der Waals surface area (Å²) in [6, 6.07) is 14.2. The smallest absolute Gasteiger partial charge is 0.338 e. The van der Waals surface area contributed by atoms with Crippen molar-refractivity contribution in [2.75, 3.05) is 24.8 Å². The lowest BCUT2D eigenvalue weighted by Gasteiger charge is -2.09. The highest BCUT2D eigenvalue weighted by molar-refractivity contribution is 7.99. The third-order valence-electron chi connectivity index (χ3n) is 4.48. The molecule has 32 heavy (non-hydrogen) atoms. The van der Waals surface area contributed by atoms with E-state index in [1.165, 1.54) is 11.8 Å². The van der Waals surface area contributed by atoms with Crippen molar-refractivity contribution in [3.05, 3.63) is 71.5 Å². The van der Waals surface area contributed by atoms with Crippen LogP contribution in [-0.4, -0.2) is 46.0 Å². The van der Waals surface area contributed by atoms with Crippen molar-refractivity contribution in [2.45, 2.75) is 25.2 Å². The lowest BCUT2D eigenvalue weighted by molar-refractivity contribution is -0.113. The largest absolute Gasteiger partial charge is 0.497 e. The first-order chi connectivity index (χ1) is 15.5. The molecule has 8 nitrogen and oxygen atoms in total. The Morgan fingerprint density at radius 1 is 1.12 bits per heavy atom. The second-order valence-electron chi connectivity index (χ2n) is 6.78. The third kappa shape index (κ3) is 6.35. The molecule has 0 spiro atoms. The highest BCUT2D eigenvalue weighted by atomic mass is 32.2. The van der Waals surface area contributed by atoms with Gasteiger partial charge in [0, 0.05) is 18.4 Å². The summed E-state index contributed by atoms with van der Waals surface area (Å²) in [6.07, 6.45) is 1.78. The van der Waals surface area contributed by atoms with Crippen molar-refractivity contribution in [3.8, 4) is 5.75 Å². The monoisotopic (exact) mass is 455 g/mol.